The number of likely N-dealkylation sites (tertiary alicyclic amines) is 1. The van der Waals surface area contributed by atoms with Crippen molar-refractivity contribution in [3.63, 3.8) is 0 Å². The number of rotatable bonds is 10. The molecule has 0 spiro atoms. The Kier molecular flexibility index (Phi) is 9.53. The van der Waals surface area contributed by atoms with Crippen LogP contribution in [0.3, 0.4) is 0 Å². The number of primary amides is 1. The number of hydrogen-bond acceptors (Lipinski definition) is 6. The van der Waals surface area contributed by atoms with Gasteiger partial charge in [-0.1, -0.05) is 6.07 Å². The van der Waals surface area contributed by atoms with Crippen LogP contribution in [0.15, 0.2) is 48.8 Å². The van der Waals surface area contributed by atoms with Crippen molar-refractivity contribution in [1.82, 2.24) is 14.9 Å². The van der Waals surface area contributed by atoms with Crippen LogP contribution in [-0.4, -0.2) is 53.1 Å². The van der Waals surface area contributed by atoms with Crippen molar-refractivity contribution >= 4 is 11.6 Å². The molecule has 2 aromatic heterocycles. The molecule has 3 heterocycles. The highest BCUT2D eigenvalue weighted by atomic mass is 19.4. The zero-order valence-corrected chi connectivity index (χ0v) is 24.0. The summed E-state index contributed by atoms with van der Waals surface area (Å²) in [6.45, 7) is 7.36. The topological polar surface area (TPSA) is 84.6 Å². The smallest absolute Gasteiger partial charge is 0.433 e. The molecule has 7 nitrogen and oxygen atoms in total. The SMILES string of the molecule is COc1ccc(N(Cc2cccnc2)C2CCN([C@H](C)CCc3c(C(F)(F)F)nc(C)c(C(N)=O)c3C)CC2)cc1. The molecule has 1 saturated heterocycles. The number of methoxy groups -OCH3 is 1. The number of amides is 1. The summed E-state index contributed by atoms with van der Waals surface area (Å²) < 4.78 is 47.0. The predicted octanol–water partition coefficient (Wildman–Crippen LogP) is 5.71. The lowest BCUT2D eigenvalue weighted by molar-refractivity contribution is -0.142. The molecule has 0 radical (unpaired) electrons. The second-order valence-corrected chi connectivity index (χ2v) is 10.7. The van der Waals surface area contributed by atoms with E-state index in [2.05, 4.69) is 44.9 Å². The fourth-order valence-corrected chi connectivity index (χ4v) is 5.86. The fraction of sp³-hybridized carbons (Fsp3) is 0.452. The molecule has 1 fully saturated rings. The normalized spacial score (nSPS) is 15.5. The largest absolute Gasteiger partial charge is 0.497 e. The molecule has 3 aromatic rings. The van der Waals surface area contributed by atoms with Crippen LogP contribution in [-0.2, 0) is 19.1 Å². The summed E-state index contributed by atoms with van der Waals surface area (Å²) in [5.41, 5.74) is 7.20. The number of halogens is 3. The second-order valence-electron chi connectivity index (χ2n) is 10.7. The molecule has 0 saturated carbocycles. The molecule has 1 atom stereocenters. The van der Waals surface area contributed by atoms with E-state index in [9.17, 15) is 18.0 Å². The van der Waals surface area contributed by atoms with E-state index in [-0.39, 0.29) is 34.8 Å². The second kappa shape index (κ2) is 12.9. The van der Waals surface area contributed by atoms with Crippen LogP contribution in [0.1, 0.15) is 64.6 Å². The summed E-state index contributed by atoms with van der Waals surface area (Å²) in [4.78, 5) is 24.7. The first-order valence-electron chi connectivity index (χ1n) is 13.9. The van der Waals surface area contributed by atoms with E-state index in [1.54, 1.807) is 13.3 Å². The van der Waals surface area contributed by atoms with Crippen molar-refractivity contribution in [2.75, 3.05) is 25.1 Å². The van der Waals surface area contributed by atoms with E-state index in [4.69, 9.17) is 10.5 Å². The average Bonchev–Trinajstić information content (AvgIpc) is 2.95. The number of aromatic nitrogens is 2. The number of carbonyl (C=O) groups is 1. The van der Waals surface area contributed by atoms with Crippen molar-refractivity contribution < 1.29 is 22.7 Å². The third-order valence-electron chi connectivity index (χ3n) is 8.12. The Hall–Kier alpha value is -3.66. The first kappa shape index (κ1) is 30.3. The van der Waals surface area contributed by atoms with Gasteiger partial charge in [-0.25, -0.2) is 4.98 Å². The molecule has 4 rings (SSSR count). The number of ether oxygens (including phenoxy) is 1. The van der Waals surface area contributed by atoms with Crippen molar-refractivity contribution in [1.29, 1.82) is 0 Å². The van der Waals surface area contributed by atoms with Crippen LogP contribution in [0.2, 0.25) is 0 Å². The molecule has 2 N–H and O–H groups in total. The van der Waals surface area contributed by atoms with Gasteiger partial charge >= 0.3 is 6.18 Å². The van der Waals surface area contributed by atoms with Crippen molar-refractivity contribution in [2.24, 2.45) is 5.73 Å². The number of hydrogen-bond donors (Lipinski definition) is 1. The minimum Gasteiger partial charge on any atom is -0.497 e. The predicted molar refractivity (Wildman–Crippen MR) is 153 cm³/mol. The van der Waals surface area contributed by atoms with Crippen LogP contribution in [0.4, 0.5) is 18.9 Å². The number of anilines is 1. The molecule has 1 amide bonds. The highest BCUT2D eigenvalue weighted by Crippen LogP contribution is 2.35. The molecule has 41 heavy (non-hydrogen) atoms. The summed E-state index contributed by atoms with van der Waals surface area (Å²) in [6, 6.07) is 12.4. The monoisotopic (exact) mass is 569 g/mol. The zero-order chi connectivity index (χ0) is 29.7. The lowest BCUT2D eigenvalue weighted by Gasteiger charge is -2.42. The number of pyridine rings is 2. The summed E-state index contributed by atoms with van der Waals surface area (Å²) >= 11 is 0. The maximum Gasteiger partial charge on any atom is 0.433 e. The van der Waals surface area contributed by atoms with Gasteiger partial charge in [0.25, 0.3) is 5.91 Å². The summed E-state index contributed by atoms with van der Waals surface area (Å²) in [5.74, 6) is 0.0414. The number of benzene rings is 1. The molecule has 10 heteroatoms. The Morgan fingerprint density at radius 3 is 2.41 bits per heavy atom. The molecule has 1 aromatic carbocycles. The van der Waals surface area contributed by atoms with Gasteiger partial charge in [0.15, 0.2) is 0 Å². The van der Waals surface area contributed by atoms with Gasteiger partial charge in [-0.05, 0) is 93.5 Å². The van der Waals surface area contributed by atoms with Crippen LogP contribution < -0.4 is 15.4 Å². The van der Waals surface area contributed by atoms with E-state index < -0.39 is 17.8 Å². The van der Waals surface area contributed by atoms with Crippen LogP contribution in [0.5, 0.6) is 5.75 Å². The number of alkyl halides is 3. The lowest BCUT2D eigenvalue weighted by Crippen LogP contribution is -2.47. The maximum absolute atomic E-state index is 13.9. The molecule has 1 aliphatic rings. The number of carbonyl (C=O) groups excluding carboxylic acids is 1. The average molecular weight is 570 g/mol. The van der Waals surface area contributed by atoms with E-state index in [1.807, 2.05) is 24.4 Å². The van der Waals surface area contributed by atoms with Gasteiger partial charge in [0.2, 0.25) is 0 Å². The minimum absolute atomic E-state index is 0.00824. The van der Waals surface area contributed by atoms with Crippen LogP contribution in [0, 0.1) is 13.8 Å². The number of nitrogens with two attached hydrogens (primary N) is 1. The summed E-state index contributed by atoms with van der Waals surface area (Å²) in [5, 5.41) is 0. The Morgan fingerprint density at radius 2 is 1.85 bits per heavy atom. The van der Waals surface area contributed by atoms with E-state index in [1.165, 1.54) is 13.8 Å². The van der Waals surface area contributed by atoms with Crippen LogP contribution in [0.25, 0.3) is 0 Å². The number of piperidine rings is 1. The van der Waals surface area contributed by atoms with Gasteiger partial charge in [-0.3, -0.25) is 9.78 Å². The van der Waals surface area contributed by atoms with Gasteiger partial charge in [-0.2, -0.15) is 13.2 Å². The Balaban J connectivity index is 1.45. The van der Waals surface area contributed by atoms with Gasteiger partial charge in [-0.15, -0.1) is 0 Å². The fourth-order valence-electron chi connectivity index (χ4n) is 5.86. The minimum atomic E-state index is -4.61. The molecule has 0 unspecified atom stereocenters. The zero-order valence-electron chi connectivity index (χ0n) is 24.0. The standard InChI is InChI=1S/C31H38F3N5O2/c1-20(7-12-27-21(2)28(30(35)40)22(3)37-29(27)31(32,33)34)38-16-13-25(14-17-38)39(19-23-6-5-15-36-18-23)24-8-10-26(41-4)11-9-24/h5-6,8-11,15,18,20,25H,7,12-14,16-17,19H2,1-4H3,(H2,35,40)/t20-/m1/s1. The third-order valence-corrected chi connectivity index (χ3v) is 8.12. The molecule has 0 aliphatic carbocycles. The van der Waals surface area contributed by atoms with E-state index in [0.717, 1.165) is 49.5 Å². The number of nitrogens with zero attached hydrogens (tertiary/aromatic N) is 4. The van der Waals surface area contributed by atoms with E-state index >= 15 is 0 Å². The van der Waals surface area contributed by atoms with Crippen molar-refractivity contribution in [3.8, 4) is 5.75 Å². The maximum atomic E-state index is 13.9. The van der Waals surface area contributed by atoms with E-state index in [0.29, 0.717) is 12.5 Å². The summed E-state index contributed by atoms with van der Waals surface area (Å²) in [6.07, 6.45) is 1.55. The third kappa shape index (κ3) is 7.16. The lowest BCUT2D eigenvalue weighted by atomic mass is 9.93. The molecule has 220 valence electrons. The van der Waals surface area contributed by atoms with Crippen LogP contribution >= 0.6 is 0 Å². The van der Waals surface area contributed by atoms with Gasteiger partial charge in [0.1, 0.15) is 11.4 Å². The Labute approximate surface area is 239 Å². The molecular weight excluding hydrogens is 531 g/mol. The molecule has 1 aliphatic heterocycles. The summed E-state index contributed by atoms with van der Waals surface area (Å²) in [7, 11) is 1.65. The molecular formula is C31H38F3N5O2. The van der Waals surface area contributed by atoms with Crippen molar-refractivity contribution in [2.45, 2.75) is 71.3 Å². The quantitative estimate of drug-likeness (QED) is 0.337. The van der Waals surface area contributed by atoms with Gasteiger partial charge in [0.05, 0.1) is 18.4 Å². The Bertz CT molecular complexity index is 1320. The van der Waals surface area contributed by atoms with Gasteiger partial charge < -0.3 is 20.3 Å². The highest BCUT2D eigenvalue weighted by Gasteiger charge is 2.38. The first-order chi connectivity index (χ1) is 19.5. The van der Waals surface area contributed by atoms with Gasteiger partial charge in [0, 0.05) is 49.8 Å². The molecule has 0 bridgehead atoms. The highest BCUT2D eigenvalue weighted by molar-refractivity contribution is 5.95. The van der Waals surface area contributed by atoms with Crippen molar-refractivity contribution in [3.05, 3.63) is 82.4 Å². The first-order valence-corrected chi connectivity index (χ1v) is 13.9. The number of aryl methyl sites for hydroxylation is 1. The Morgan fingerprint density at radius 1 is 1.17 bits per heavy atom.